The maximum absolute atomic E-state index is 14.2. The Morgan fingerprint density at radius 2 is 1.42 bits per heavy atom. The van der Waals surface area contributed by atoms with E-state index in [2.05, 4.69) is 16.0 Å². The number of phenolic OH excluding ortho intramolecular Hbond substituents is 2. The van der Waals surface area contributed by atoms with E-state index >= 15 is 0 Å². The summed E-state index contributed by atoms with van der Waals surface area (Å²) in [4.78, 5) is 135. The summed E-state index contributed by atoms with van der Waals surface area (Å²) >= 11 is 0. The lowest BCUT2D eigenvalue weighted by Crippen LogP contribution is -2.64. The molecule has 0 radical (unpaired) electrons. The molecule has 8 N–H and O–H groups in total. The zero-order valence-corrected chi connectivity index (χ0v) is 56.9. The average molecular weight is 1430 g/mol. The van der Waals surface area contributed by atoms with Crippen LogP contribution in [-0.2, 0) is 89.2 Å². The Morgan fingerprint density at radius 1 is 0.748 bits per heavy atom. The number of aliphatic hydroxyl groups is 3. The number of benzene rings is 5. The molecule has 3 fully saturated rings. The predicted molar refractivity (Wildman–Crippen MR) is 352 cm³/mol. The molecule has 11 rings (SSSR count). The monoisotopic (exact) mass is 1430 g/mol. The third kappa shape index (κ3) is 15.6. The second kappa shape index (κ2) is 31.6. The van der Waals surface area contributed by atoms with Gasteiger partial charge in [0.05, 0.1) is 68.1 Å². The smallest absolute Gasteiger partial charge is 0.412 e. The summed E-state index contributed by atoms with van der Waals surface area (Å²) in [6, 6.07) is 23.3. The largest absolute Gasteiger partial charge is 0.507 e. The first-order valence-corrected chi connectivity index (χ1v) is 33.3. The van der Waals surface area contributed by atoms with Crippen molar-refractivity contribution in [2.75, 3.05) is 59.0 Å². The van der Waals surface area contributed by atoms with Crippen molar-refractivity contribution < 1.29 is 130 Å². The molecule has 3 heterocycles. The van der Waals surface area contributed by atoms with Gasteiger partial charge in [-0.15, -0.1) is 0 Å². The molecule has 3 aliphatic carbocycles. The number of fused-ring (bicyclic) bond motifs is 6. The molecular formula is C72H78N4O27. The van der Waals surface area contributed by atoms with Gasteiger partial charge in [-0.2, -0.15) is 0 Å². The number of carbonyl (C=O) groups excluding carboxylic acids is 10. The number of Topliss-reactive ketones (excluding diaryl/α,β-unsaturated/α-hetero) is 1. The number of alkyl carbamates (subject to hydrolysis) is 1. The third-order valence-corrected chi connectivity index (χ3v) is 18.7. The first kappa shape index (κ1) is 74.1. The van der Waals surface area contributed by atoms with Crippen LogP contribution < -0.4 is 25.4 Å². The van der Waals surface area contributed by atoms with Gasteiger partial charge in [0.2, 0.25) is 24.1 Å². The lowest BCUT2D eigenvalue weighted by molar-refractivity contribution is -0.282. The summed E-state index contributed by atoms with van der Waals surface area (Å²) < 4.78 is 68.9. The zero-order chi connectivity index (χ0) is 73.7. The summed E-state index contributed by atoms with van der Waals surface area (Å²) in [5, 5.41) is 65.6. The second-order valence-corrected chi connectivity index (χ2v) is 25.4. The molecule has 548 valence electrons. The minimum atomic E-state index is -2.40. The molecule has 0 spiro atoms. The number of ether oxygens (including phenoxy) is 12. The summed E-state index contributed by atoms with van der Waals surface area (Å²) in [6.45, 7) is 3.38. The van der Waals surface area contributed by atoms with Gasteiger partial charge in [0.1, 0.15) is 54.6 Å². The molecule has 103 heavy (non-hydrogen) atoms. The van der Waals surface area contributed by atoms with Crippen molar-refractivity contribution in [1.82, 2.24) is 15.5 Å². The van der Waals surface area contributed by atoms with E-state index < -0.39 is 181 Å². The number of hydrogen-bond acceptors (Lipinski definition) is 28. The third-order valence-electron chi connectivity index (χ3n) is 18.7. The average Bonchev–Trinajstić information content (AvgIpc) is 1.56. The maximum Gasteiger partial charge on any atom is 0.412 e. The highest BCUT2D eigenvalue weighted by Gasteiger charge is 2.57. The molecule has 3 amide bonds. The molecule has 5 aromatic carbocycles. The minimum Gasteiger partial charge on any atom is -0.507 e. The van der Waals surface area contributed by atoms with Gasteiger partial charge in [0.25, 0.3) is 0 Å². The van der Waals surface area contributed by atoms with Gasteiger partial charge in [0.15, 0.2) is 36.2 Å². The SMILES string of the molecule is COC(=O)C1OC(Oc2ccc(COC(=O)N3CCOC3CCCNC3CC(OC4C[C@](O)(C(=O)CO)Cc5c(O)c6c(c(O)c54)C(=O)c4c(OC)cccc4C6=O)OC(C)C3O)cc2NC(=O)CCNC(=O)OCC2c3ccccc3-c3ccccc32)[C@H](OC(C)=O)C(OC(C)=O)[C@@H]1OC(C)=O. The Kier molecular flexibility index (Phi) is 22.8. The zero-order valence-electron chi connectivity index (χ0n) is 56.9. The predicted octanol–water partition coefficient (Wildman–Crippen LogP) is 4.35. The van der Waals surface area contributed by atoms with Crippen LogP contribution in [0.2, 0.25) is 0 Å². The first-order valence-electron chi connectivity index (χ1n) is 33.3. The number of ketones is 3. The van der Waals surface area contributed by atoms with Crippen LogP contribution in [0.1, 0.15) is 131 Å². The van der Waals surface area contributed by atoms with Gasteiger partial charge in [0, 0.05) is 81.6 Å². The van der Waals surface area contributed by atoms with Crippen molar-refractivity contribution in [2.45, 2.75) is 152 Å². The molecule has 0 aromatic heterocycles. The van der Waals surface area contributed by atoms with Crippen molar-refractivity contribution >= 4 is 65.0 Å². The highest BCUT2D eigenvalue weighted by Crippen LogP contribution is 2.53. The van der Waals surface area contributed by atoms with Crippen LogP contribution in [0.3, 0.4) is 0 Å². The molecule has 12 atom stereocenters. The number of amides is 3. The number of rotatable bonds is 24. The summed E-state index contributed by atoms with van der Waals surface area (Å²) in [6.07, 6.45) is -17.1. The fraction of sp³-hybridized carbons (Fsp3) is 0.444. The fourth-order valence-electron chi connectivity index (χ4n) is 14.0. The molecule has 0 saturated carbocycles. The van der Waals surface area contributed by atoms with Crippen molar-refractivity contribution in [2.24, 2.45) is 0 Å². The number of nitrogens with one attached hydrogen (secondary N) is 3. The Bertz CT molecular complexity index is 4100. The van der Waals surface area contributed by atoms with Crippen LogP contribution in [0, 0.1) is 0 Å². The number of carbonyl (C=O) groups is 10. The standard InChI is InChI=1S/C72H78N4O27/c1-34-59(83)47(28-54(97-34)101-50-30-72(91,51(81)31-77)29-44-56(50)63(87)58-57(61(44)85)60(84)43-17-11-18-49(92-5)55(43)62(58)86)73-23-12-19-53-76(25-26-94-53)71(90)96-32-38-20-21-48(102-69-67(100-37(4)80)65(99-36(3)79)64(98-35(2)78)66(103-69)68(88)93-6)46(27-38)75-52(82)22-24-74-70(89)95-33-45-41-15-9-7-13-39(41)40-14-8-10-16-42(40)45/h7-11,13-18,20-21,27,34,45,47,50,53-54,59,64-67,69,73,77,83,85,87,91H,12,19,22-26,28-33H2,1-6H3,(H,74,89)(H,75,82)/t34?,47?,50?,53?,54?,59?,64-,65?,66?,67+,69?,72-/m0/s1. The molecule has 0 bridgehead atoms. The van der Waals surface area contributed by atoms with Crippen LogP contribution in [0.15, 0.2) is 84.9 Å². The van der Waals surface area contributed by atoms with Crippen molar-refractivity contribution in [1.29, 1.82) is 0 Å². The highest BCUT2D eigenvalue weighted by atomic mass is 16.7. The molecule has 9 unspecified atom stereocenters. The van der Waals surface area contributed by atoms with Crippen molar-refractivity contribution in [3.63, 3.8) is 0 Å². The van der Waals surface area contributed by atoms with Gasteiger partial charge >= 0.3 is 36.1 Å². The summed E-state index contributed by atoms with van der Waals surface area (Å²) in [5.74, 6) is -9.30. The van der Waals surface area contributed by atoms with Gasteiger partial charge in [-0.05, 0) is 72.3 Å². The number of hydrogen-bond donors (Lipinski definition) is 8. The molecular weight excluding hydrogens is 1350 g/mol. The van der Waals surface area contributed by atoms with Crippen LogP contribution in [0.4, 0.5) is 15.3 Å². The Morgan fingerprint density at radius 3 is 2.10 bits per heavy atom. The van der Waals surface area contributed by atoms with E-state index in [1.807, 2.05) is 48.5 Å². The minimum absolute atomic E-state index is 0.00996. The molecule has 3 saturated heterocycles. The quantitative estimate of drug-likeness (QED) is 0.0181. The second-order valence-electron chi connectivity index (χ2n) is 25.4. The molecule has 6 aliphatic rings. The van der Waals surface area contributed by atoms with Crippen LogP contribution >= 0.6 is 0 Å². The number of phenols is 2. The van der Waals surface area contributed by atoms with Gasteiger partial charge < -0.3 is 98.3 Å². The van der Waals surface area contributed by atoms with Crippen LogP contribution in [0.5, 0.6) is 23.0 Å². The number of aliphatic hydroxyl groups excluding tert-OH is 2. The number of nitrogens with zero attached hydrogens (tertiary/aromatic N) is 1. The van der Waals surface area contributed by atoms with Crippen LogP contribution in [-0.4, -0.2) is 211 Å². The highest BCUT2D eigenvalue weighted by molar-refractivity contribution is 6.31. The summed E-state index contributed by atoms with van der Waals surface area (Å²) in [5.41, 5.74) is -0.0468. The van der Waals surface area contributed by atoms with E-state index in [-0.39, 0.29) is 103 Å². The lowest BCUT2D eigenvalue weighted by atomic mass is 9.72. The van der Waals surface area contributed by atoms with E-state index in [0.717, 1.165) is 50.1 Å². The molecule has 31 heteroatoms. The normalized spacial score (nSPS) is 24.6. The summed E-state index contributed by atoms with van der Waals surface area (Å²) in [7, 11) is 2.31. The number of anilines is 1. The topological polar surface area (TPSA) is 422 Å². The Labute approximate surface area is 588 Å². The number of esters is 4. The van der Waals surface area contributed by atoms with E-state index in [9.17, 15) is 73.5 Å². The number of aromatic hydroxyl groups is 2. The van der Waals surface area contributed by atoms with E-state index in [1.54, 1.807) is 6.92 Å². The van der Waals surface area contributed by atoms with Gasteiger partial charge in [-0.3, -0.25) is 38.5 Å². The number of methoxy groups -OCH3 is 2. The van der Waals surface area contributed by atoms with Crippen molar-refractivity contribution in [3.8, 4) is 34.1 Å². The van der Waals surface area contributed by atoms with Crippen molar-refractivity contribution in [3.05, 3.63) is 135 Å². The van der Waals surface area contributed by atoms with E-state index in [1.165, 1.54) is 48.4 Å². The maximum atomic E-state index is 14.2. The fourth-order valence-corrected chi connectivity index (χ4v) is 14.0. The molecule has 5 aromatic rings. The Hall–Kier alpha value is -10.1. The Balaban J connectivity index is 0.746. The lowest BCUT2D eigenvalue weighted by Gasteiger charge is -2.43. The van der Waals surface area contributed by atoms with E-state index in [4.69, 9.17) is 56.8 Å². The van der Waals surface area contributed by atoms with Gasteiger partial charge in [-0.25, -0.2) is 14.4 Å². The molecule has 3 aliphatic heterocycles. The van der Waals surface area contributed by atoms with Gasteiger partial charge in [-0.1, -0.05) is 66.7 Å². The molecule has 31 nitrogen and oxygen atoms in total. The first-order chi connectivity index (χ1) is 49.3. The van der Waals surface area contributed by atoms with E-state index in [0.29, 0.717) is 6.42 Å². The van der Waals surface area contributed by atoms with Crippen LogP contribution in [0.25, 0.3) is 11.1 Å².